The maximum absolute atomic E-state index is 12.1. The first-order valence-corrected chi connectivity index (χ1v) is 7.24. The van der Waals surface area contributed by atoms with Crippen LogP contribution in [0.15, 0.2) is 0 Å². The van der Waals surface area contributed by atoms with Crippen molar-refractivity contribution in [2.45, 2.75) is 52.4 Å². The molecule has 0 aromatic rings. The highest BCUT2D eigenvalue weighted by atomic mass is 16.2. The molecule has 1 aliphatic rings. The first kappa shape index (κ1) is 15.0. The predicted molar refractivity (Wildman–Crippen MR) is 72.2 cm³/mol. The van der Waals surface area contributed by atoms with Gasteiger partial charge in [-0.2, -0.15) is 0 Å². The molecule has 104 valence electrons. The average molecular weight is 254 g/mol. The van der Waals surface area contributed by atoms with Crippen LogP contribution in [0.1, 0.15) is 52.4 Å². The van der Waals surface area contributed by atoms with Gasteiger partial charge in [0, 0.05) is 26.1 Å². The summed E-state index contributed by atoms with van der Waals surface area (Å²) in [5.74, 6) is 0.240. The van der Waals surface area contributed by atoms with E-state index in [1.807, 2.05) is 11.8 Å². The predicted octanol–water partition coefficient (Wildman–Crippen LogP) is 2.04. The van der Waals surface area contributed by atoms with Gasteiger partial charge in [0.2, 0.25) is 11.8 Å². The third kappa shape index (κ3) is 4.67. The quantitative estimate of drug-likeness (QED) is 0.753. The summed E-state index contributed by atoms with van der Waals surface area (Å²) in [6, 6.07) is 0. The number of rotatable bonds is 5. The molecule has 0 atom stereocenters. The van der Waals surface area contributed by atoms with Crippen LogP contribution in [0.5, 0.6) is 0 Å². The summed E-state index contributed by atoms with van der Waals surface area (Å²) in [6.45, 7) is 6.59. The lowest BCUT2D eigenvalue weighted by atomic mass is 10.1. The van der Waals surface area contributed by atoms with E-state index in [0.29, 0.717) is 6.42 Å². The lowest BCUT2D eigenvalue weighted by Gasteiger charge is -2.28. The van der Waals surface area contributed by atoms with Gasteiger partial charge in [0.15, 0.2) is 0 Å². The van der Waals surface area contributed by atoms with Crippen molar-refractivity contribution in [2.75, 3.05) is 26.2 Å². The first-order chi connectivity index (χ1) is 8.69. The second-order valence-electron chi connectivity index (χ2n) is 4.95. The summed E-state index contributed by atoms with van der Waals surface area (Å²) in [5.41, 5.74) is 0. The molecule has 0 N–H and O–H groups in total. The van der Waals surface area contributed by atoms with Crippen LogP contribution in [0.4, 0.5) is 0 Å². The molecule has 0 aromatic carbocycles. The minimum atomic E-state index is 0.0910. The topological polar surface area (TPSA) is 40.6 Å². The van der Waals surface area contributed by atoms with Crippen LogP contribution in [-0.4, -0.2) is 47.8 Å². The summed E-state index contributed by atoms with van der Waals surface area (Å²) in [5, 5.41) is 0. The minimum absolute atomic E-state index is 0.0910. The van der Waals surface area contributed by atoms with Crippen LogP contribution < -0.4 is 0 Å². The van der Waals surface area contributed by atoms with Gasteiger partial charge >= 0.3 is 0 Å². The van der Waals surface area contributed by atoms with Gasteiger partial charge in [0.05, 0.1) is 6.54 Å². The van der Waals surface area contributed by atoms with E-state index >= 15 is 0 Å². The second-order valence-corrected chi connectivity index (χ2v) is 4.95. The highest BCUT2D eigenvalue weighted by molar-refractivity contribution is 5.84. The Labute approximate surface area is 110 Å². The Morgan fingerprint density at radius 1 is 1.22 bits per heavy atom. The third-order valence-electron chi connectivity index (χ3n) is 3.48. The fraction of sp³-hybridized carbons (Fsp3) is 0.857. The van der Waals surface area contributed by atoms with Gasteiger partial charge in [0.1, 0.15) is 0 Å². The van der Waals surface area contributed by atoms with Gasteiger partial charge < -0.3 is 9.80 Å². The Kier molecular flexibility index (Phi) is 6.76. The summed E-state index contributed by atoms with van der Waals surface area (Å²) >= 11 is 0. The Morgan fingerprint density at radius 3 is 2.61 bits per heavy atom. The fourth-order valence-corrected chi connectivity index (χ4v) is 2.37. The highest BCUT2D eigenvalue weighted by Crippen LogP contribution is 2.11. The minimum Gasteiger partial charge on any atom is -0.341 e. The van der Waals surface area contributed by atoms with E-state index in [4.69, 9.17) is 0 Å². The number of hydrogen-bond acceptors (Lipinski definition) is 2. The molecular weight excluding hydrogens is 228 g/mol. The monoisotopic (exact) mass is 254 g/mol. The molecule has 0 bridgehead atoms. The molecule has 2 amide bonds. The van der Waals surface area contributed by atoms with E-state index in [1.165, 1.54) is 6.42 Å². The zero-order valence-corrected chi connectivity index (χ0v) is 11.8. The van der Waals surface area contributed by atoms with E-state index in [2.05, 4.69) is 6.92 Å². The number of carbonyl (C=O) groups is 2. The van der Waals surface area contributed by atoms with Crippen molar-refractivity contribution in [3.63, 3.8) is 0 Å². The maximum atomic E-state index is 12.1. The zero-order valence-electron chi connectivity index (χ0n) is 11.8. The van der Waals surface area contributed by atoms with E-state index < -0.39 is 0 Å². The van der Waals surface area contributed by atoms with Crippen LogP contribution in [-0.2, 0) is 9.59 Å². The molecule has 0 radical (unpaired) electrons. The van der Waals surface area contributed by atoms with Crippen molar-refractivity contribution >= 4 is 11.8 Å². The van der Waals surface area contributed by atoms with Crippen LogP contribution in [0.25, 0.3) is 0 Å². The van der Waals surface area contributed by atoms with Gasteiger partial charge in [-0.25, -0.2) is 0 Å². The van der Waals surface area contributed by atoms with Crippen molar-refractivity contribution < 1.29 is 9.59 Å². The Balaban J connectivity index is 2.51. The van der Waals surface area contributed by atoms with Crippen LogP contribution in [0, 0.1) is 0 Å². The summed E-state index contributed by atoms with van der Waals surface area (Å²) in [6.07, 6.45) is 5.88. The third-order valence-corrected chi connectivity index (χ3v) is 3.48. The first-order valence-electron chi connectivity index (χ1n) is 7.24. The maximum Gasteiger partial charge on any atom is 0.242 e. The molecule has 1 fully saturated rings. The number of likely N-dealkylation sites (tertiary alicyclic amines) is 1. The molecule has 0 unspecified atom stereocenters. The molecule has 0 aliphatic carbocycles. The number of hydrogen-bond donors (Lipinski definition) is 0. The largest absolute Gasteiger partial charge is 0.341 e. The molecule has 1 saturated heterocycles. The molecule has 1 rings (SSSR count). The summed E-state index contributed by atoms with van der Waals surface area (Å²) < 4.78 is 0. The summed E-state index contributed by atoms with van der Waals surface area (Å²) in [4.78, 5) is 27.6. The normalized spacial score (nSPS) is 17.2. The molecule has 4 nitrogen and oxygen atoms in total. The van der Waals surface area contributed by atoms with Crippen LogP contribution >= 0.6 is 0 Å². The standard InChI is InChI=1S/C14H26N2O2/c1-3-10-15(4-2)14(18)12-16-11-8-6-5-7-9-13(16)17/h3-12H2,1-2H3. The highest BCUT2D eigenvalue weighted by Gasteiger charge is 2.20. The average Bonchev–Trinajstić information content (AvgIpc) is 2.35. The molecular formula is C14H26N2O2. The second kappa shape index (κ2) is 8.11. The number of nitrogens with zero attached hydrogens (tertiary/aromatic N) is 2. The van der Waals surface area contributed by atoms with Crippen molar-refractivity contribution in [3.8, 4) is 0 Å². The van der Waals surface area contributed by atoms with Gasteiger partial charge in [-0.1, -0.05) is 19.8 Å². The van der Waals surface area contributed by atoms with Crippen LogP contribution in [0.2, 0.25) is 0 Å². The molecule has 1 heterocycles. The van der Waals surface area contributed by atoms with Crippen molar-refractivity contribution in [3.05, 3.63) is 0 Å². The van der Waals surface area contributed by atoms with Crippen molar-refractivity contribution in [1.29, 1.82) is 0 Å². The van der Waals surface area contributed by atoms with Crippen LogP contribution in [0.3, 0.4) is 0 Å². The van der Waals surface area contributed by atoms with Crippen molar-refractivity contribution in [2.24, 2.45) is 0 Å². The molecule has 0 spiro atoms. The Morgan fingerprint density at radius 2 is 1.94 bits per heavy atom. The van der Waals surface area contributed by atoms with E-state index in [9.17, 15) is 9.59 Å². The smallest absolute Gasteiger partial charge is 0.242 e. The molecule has 0 aromatic heterocycles. The van der Waals surface area contributed by atoms with E-state index in [-0.39, 0.29) is 18.4 Å². The molecule has 1 aliphatic heterocycles. The Hall–Kier alpha value is -1.06. The summed E-state index contributed by atoms with van der Waals surface area (Å²) in [7, 11) is 0. The number of amides is 2. The number of likely N-dealkylation sites (N-methyl/N-ethyl adjacent to an activating group) is 1. The molecule has 0 saturated carbocycles. The van der Waals surface area contributed by atoms with E-state index in [1.54, 1.807) is 4.90 Å². The van der Waals surface area contributed by atoms with E-state index in [0.717, 1.165) is 45.3 Å². The SMILES string of the molecule is CCCN(CC)C(=O)CN1CCCCCCC1=O. The van der Waals surface area contributed by atoms with Gasteiger partial charge in [-0.05, 0) is 26.2 Å². The number of carbonyl (C=O) groups excluding carboxylic acids is 2. The fourth-order valence-electron chi connectivity index (χ4n) is 2.37. The van der Waals surface area contributed by atoms with Crippen molar-refractivity contribution in [1.82, 2.24) is 9.80 Å². The molecule has 18 heavy (non-hydrogen) atoms. The Bertz CT molecular complexity index is 279. The zero-order chi connectivity index (χ0) is 13.4. The van der Waals surface area contributed by atoms with Gasteiger partial charge in [-0.3, -0.25) is 9.59 Å². The lowest BCUT2D eigenvalue weighted by molar-refractivity contribution is -0.140. The van der Waals surface area contributed by atoms with Gasteiger partial charge in [-0.15, -0.1) is 0 Å². The van der Waals surface area contributed by atoms with Gasteiger partial charge in [0.25, 0.3) is 0 Å². The lowest BCUT2D eigenvalue weighted by Crippen LogP contribution is -2.43. The molecule has 4 heteroatoms.